The van der Waals surface area contributed by atoms with E-state index in [0.29, 0.717) is 16.9 Å². The molecule has 0 saturated carbocycles. The van der Waals surface area contributed by atoms with E-state index in [4.69, 9.17) is 5.73 Å². The third-order valence-corrected chi connectivity index (χ3v) is 5.96. The smallest absolute Gasteiger partial charge is 0.149 e. The lowest BCUT2D eigenvalue weighted by molar-refractivity contribution is 0.573. The van der Waals surface area contributed by atoms with Gasteiger partial charge in [-0.15, -0.1) is 11.3 Å². The van der Waals surface area contributed by atoms with Crippen LogP contribution in [-0.2, 0) is 0 Å². The zero-order valence-corrected chi connectivity index (χ0v) is 16.2. The number of thiophene rings is 1. The first kappa shape index (κ1) is 18.0. The monoisotopic (exact) mass is 385 g/mol. The Morgan fingerprint density at radius 1 is 0.964 bits per heavy atom. The number of piperidine rings is 1. The Bertz CT molecular complexity index is 1080. The normalized spacial score (nSPS) is 13.7. The lowest BCUT2D eigenvalue weighted by Gasteiger charge is -2.29. The number of aromatic nitrogens is 1. The summed E-state index contributed by atoms with van der Waals surface area (Å²) in [6, 6.07) is 16.5. The molecule has 0 aliphatic carbocycles. The number of rotatable bonds is 3. The molecule has 28 heavy (non-hydrogen) atoms. The average Bonchev–Trinajstić information content (AvgIpc) is 3.28. The second kappa shape index (κ2) is 7.72. The van der Waals surface area contributed by atoms with Crippen molar-refractivity contribution in [3.63, 3.8) is 0 Å². The molecule has 1 aliphatic rings. The standard InChI is InChI=1S/C22H19N5S/c23-13-17-20(16-7-4-6-15(12-16)19-8-5-11-28-19)18(14-24)22(26-21(17)25)27-9-2-1-3-10-27/h4-8,11-12H,1-3,9-10H2,(H2,25,26). The molecule has 1 aromatic carbocycles. The number of anilines is 2. The fourth-order valence-corrected chi connectivity index (χ4v) is 4.43. The molecule has 5 nitrogen and oxygen atoms in total. The molecular weight excluding hydrogens is 366 g/mol. The molecule has 0 unspecified atom stereocenters. The van der Waals surface area contributed by atoms with Crippen LogP contribution >= 0.6 is 11.3 Å². The quantitative estimate of drug-likeness (QED) is 0.700. The zero-order chi connectivity index (χ0) is 19.5. The van der Waals surface area contributed by atoms with Gasteiger partial charge in [-0.25, -0.2) is 4.98 Å². The first-order valence-corrected chi connectivity index (χ1v) is 10.1. The summed E-state index contributed by atoms with van der Waals surface area (Å²) in [4.78, 5) is 7.71. The highest BCUT2D eigenvalue weighted by atomic mass is 32.1. The first-order valence-electron chi connectivity index (χ1n) is 9.26. The van der Waals surface area contributed by atoms with Crippen molar-refractivity contribution in [3.8, 4) is 33.7 Å². The number of hydrogen-bond donors (Lipinski definition) is 1. The Morgan fingerprint density at radius 3 is 2.39 bits per heavy atom. The topological polar surface area (TPSA) is 89.7 Å². The second-order valence-electron chi connectivity index (χ2n) is 6.78. The summed E-state index contributed by atoms with van der Waals surface area (Å²) in [5.41, 5.74) is 9.30. The van der Waals surface area contributed by atoms with Gasteiger partial charge in [-0.2, -0.15) is 10.5 Å². The summed E-state index contributed by atoms with van der Waals surface area (Å²) in [6.45, 7) is 1.70. The van der Waals surface area contributed by atoms with E-state index in [0.717, 1.165) is 41.9 Å². The molecule has 0 bridgehead atoms. The van der Waals surface area contributed by atoms with Gasteiger partial charge in [-0.05, 0) is 47.9 Å². The van der Waals surface area contributed by atoms with E-state index in [-0.39, 0.29) is 11.4 Å². The fourth-order valence-electron chi connectivity index (χ4n) is 3.70. The van der Waals surface area contributed by atoms with Gasteiger partial charge in [0.25, 0.3) is 0 Å². The van der Waals surface area contributed by atoms with E-state index < -0.39 is 0 Å². The van der Waals surface area contributed by atoms with Gasteiger partial charge in [0.15, 0.2) is 0 Å². The van der Waals surface area contributed by atoms with Crippen molar-refractivity contribution >= 4 is 23.0 Å². The Morgan fingerprint density at radius 2 is 1.71 bits per heavy atom. The lowest BCUT2D eigenvalue weighted by atomic mass is 9.94. The molecular formula is C22H19N5S. The maximum Gasteiger partial charge on any atom is 0.149 e. The second-order valence-corrected chi connectivity index (χ2v) is 7.72. The van der Waals surface area contributed by atoms with Gasteiger partial charge in [0.1, 0.15) is 34.9 Å². The molecule has 138 valence electrons. The summed E-state index contributed by atoms with van der Waals surface area (Å²) in [5, 5.41) is 21.8. The van der Waals surface area contributed by atoms with E-state index in [1.165, 1.54) is 6.42 Å². The molecule has 0 radical (unpaired) electrons. The minimum absolute atomic E-state index is 0.179. The summed E-state index contributed by atoms with van der Waals surface area (Å²) >= 11 is 1.65. The van der Waals surface area contributed by atoms with Crippen molar-refractivity contribution in [2.75, 3.05) is 23.7 Å². The van der Waals surface area contributed by atoms with Crippen molar-refractivity contribution in [3.05, 3.63) is 52.9 Å². The van der Waals surface area contributed by atoms with Gasteiger partial charge < -0.3 is 10.6 Å². The van der Waals surface area contributed by atoms with Crippen LogP contribution in [-0.4, -0.2) is 18.1 Å². The Balaban J connectivity index is 1.93. The molecule has 2 aromatic heterocycles. The van der Waals surface area contributed by atoms with Gasteiger partial charge in [0.05, 0.1) is 0 Å². The molecule has 2 N–H and O–H groups in total. The number of pyridine rings is 1. The number of hydrogen-bond acceptors (Lipinski definition) is 6. The van der Waals surface area contributed by atoms with E-state index in [2.05, 4.69) is 28.1 Å². The molecule has 3 aromatic rings. The van der Waals surface area contributed by atoms with E-state index in [9.17, 15) is 10.5 Å². The maximum absolute atomic E-state index is 9.99. The van der Waals surface area contributed by atoms with Gasteiger partial charge in [0.2, 0.25) is 0 Å². The zero-order valence-electron chi connectivity index (χ0n) is 15.4. The average molecular weight is 385 g/mol. The molecule has 3 heterocycles. The highest BCUT2D eigenvalue weighted by Crippen LogP contribution is 2.38. The first-order chi connectivity index (χ1) is 13.7. The predicted molar refractivity (Wildman–Crippen MR) is 113 cm³/mol. The van der Waals surface area contributed by atoms with Gasteiger partial charge in [-0.1, -0.05) is 24.3 Å². The van der Waals surface area contributed by atoms with Crippen molar-refractivity contribution < 1.29 is 0 Å². The number of nitriles is 2. The number of benzene rings is 1. The van der Waals surface area contributed by atoms with Gasteiger partial charge in [0, 0.05) is 23.5 Å². The van der Waals surface area contributed by atoms with Crippen LogP contribution in [0.4, 0.5) is 11.6 Å². The van der Waals surface area contributed by atoms with Crippen LogP contribution in [0.25, 0.3) is 21.6 Å². The van der Waals surface area contributed by atoms with E-state index in [1.54, 1.807) is 11.3 Å². The predicted octanol–water partition coefficient (Wildman–Crippen LogP) is 4.79. The third kappa shape index (κ3) is 3.19. The van der Waals surface area contributed by atoms with Gasteiger partial charge >= 0.3 is 0 Å². The minimum atomic E-state index is 0.179. The number of nitrogens with zero attached hydrogens (tertiary/aromatic N) is 4. The Kier molecular flexibility index (Phi) is 4.97. The highest BCUT2D eigenvalue weighted by Gasteiger charge is 2.24. The molecule has 1 saturated heterocycles. The molecule has 1 aliphatic heterocycles. The number of nitrogen functional groups attached to an aromatic ring is 1. The molecule has 4 rings (SSSR count). The molecule has 0 amide bonds. The summed E-state index contributed by atoms with van der Waals surface area (Å²) in [6.07, 6.45) is 3.31. The van der Waals surface area contributed by atoms with Crippen LogP contribution in [0.2, 0.25) is 0 Å². The SMILES string of the molecule is N#Cc1c(N)nc(N2CCCCC2)c(C#N)c1-c1cccc(-c2cccs2)c1. The minimum Gasteiger partial charge on any atom is -0.383 e. The summed E-state index contributed by atoms with van der Waals surface area (Å²) in [7, 11) is 0. The lowest BCUT2D eigenvalue weighted by Crippen LogP contribution is -2.31. The van der Waals surface area contributed by atoms with Crippen molar-refractivity contribution in [2.45, 2.75) is 19.3 Å². The maximum atomic E-state index is 9.99. The van der Waals surface area contributed by atoms with Crippen molar-refractivity contribution in [1.29, 1.82) is 10.5 Å². The van der Waals surface area contributed by atoms with Crippen molar-refractivity contribution in [1.82, 2.24) is 4.98 Å². The highest BCUT2D eigenvalue weighted by molar-refractivity contribution is 7.13. The molecule has 1 fully saturated rings. The van der Waals surface area contributed by atoms with Gasteiger partial charge in [-0.3, -0.25) is 0 Å². The third-order valence-electron chi connectivity index (χ3n) is 5.04. The fraction of sp³-hybridized carbons (Fsp3) is 0.227. The largest absolute Gasteiger partial charge is 0.383 e. The van der Waals surface area contributed by atoms with E-state index in [1.807, 2.05) is 35.7 Å². The van der Waals surface area contributed by atoms with Crippen LogP contribution in [0.1, 0.15) is 30.4 Å². The van der Waals surface area contributed by atoms with Crippen LogP contribution in [0.5, 0.6) is 0 Å². The van der Waals surface area contributed by atoms with E-state index >= 15 is 0 Å². The summed E-state index contributed by atoms with van der Waals surface area (Å²) in [5.74, 6) is 0.772. The van der Waals surface area contributed by atoms with Crippen LogP contribution in [0.3, 0.4) is 0 Å². The molecule has 0 spiro atoms. The number of nitrogens with two attached hydrogens (primary N) is 1. The van der Waals surface area contributed by atoms with Crippen LogP contribution < -0.4 is 10.6 Å². The Labute approximate surface area is 168 Å². The Hall–Kier alpha value is -3.35. The van der Waals surface area contributed by atoms with Crippen molar-refractivity contribution in [2.24, 2.45) is 0 Å². The molecule has 0 atom stereocenters. The molecule has 6 heteroatoms. The van der Waals surface area contributed by atoms with Crippen LogP contribution in [0.15, 0.2) is 41.8 Å². The van der Waals surface area contributed by atoms with Crippen LogP contribution in [0, 0.1) is 22.7 Å². The summed E-state index contributed by atoms with van der Waals surface area (Å²) < 4.78 is 0.